The lowest BCUT2D eigenvalue weighted by Crippen LogP contribution is -2.29. The number of methoxy groups -OCH3 is 2. The molecule has 1 aliphatic heterocycles. The van der Waals surface area contributed by atoms with Gasteiger partial charge in [0.2, 0.25) is 0 Å². The lowest BCUT2D eigenvalue weighted by atomic mass is 9.94. The molecular formula is C27H24N2O8. The van der Waals surface area contributed by atoms with Crippen molar-refractivity contribution in [2.45, 2.75) is 13.0 Å². The molecule has 0 aromatic heterocycles. The van der Waals surface area contributed by atoms with Crippen LogP contribution in [0.1, 0.15) is 24.1 Å². The highest BCUT2D eigenvalue weighted by molar-refractivity contribution is 6.51. The van der Waals surface area contributed by atoms with Crippen LogP contribution < -0.4 is 19.1 Å². The first-order valence-corrected chi connectivity index (χ1v) is 11.3. The van der Waals surface area contributed by atoms with Crippen LogP contribution in [0.25, 0.3) is 5.76 Å². The van der Waals surface area contributed by atoms with Gasteiger partial charge in [0.25, 0.3) is 17.4 Å². The van der Waals surface area contributed by atoms with E-state index in [1.807, 2.05) is 6.92 Å². The summed E-state index contributed by atoms with van der Waals surface area (Å²) in [4.78, 5) is 38.7. The molecule has 190 valence electrons. The van der Waals surface area contributed by atoms with E-state index in [2.05, 4.69) is 0 Å². The van der Waals surface area contributed by atoms with Gasteiger partial charge in [-0.1, -0.05) is 24.3 Å². The number of hydrogen-bond acceptors (Lipinski definition) is 8. The minimum atomic E-state index is -1.07. The fourth-order valence-electron chi connectivity index (χ4n) is 4.25. The number of aliphatic hydroxyl groups excluding tert-OH is 1. The summed E-state index contributed by atoms with van der Waals surface area (Å²) in [5.74, 6) is -1.08. The average molecular weight is 504 g/mol. The third-order valence-electron chi connectivity index (χ3n) is 5.90. The Hall–Kier alpha value is -4.86. The number of ketones is 1. The molecule has 0 spiro atoms. The molecule has 1 saturated heterocycles. The first-order valence-electron chi connectivity index (χ1n) is 11.3. The number of nitrogens with zero attached hydrogens (tertiary/aromatic N) is 2. The maximum Gasteiger partial charge on any atom is 0.300 e. The largest absolute Gasteiger partial charge is 0.507 e. The summed E-state index contributed by atoms with van der Waals surface area (Å²) in [6, 6.07) is 15.7. The summed E-state index contributed by atoms with van der Waals surface area (Å²) in [5, 5.41) is 22.5. The van der Waals surface area contributed by atoms with Crippen LogP contribution in [-0.4, -0.2) is 42.5 Å². The molecule has 0 bridgehead atoms. The van der Waals surface area contributed by atoms with Crippen LogP contribution in [0, 0.1) is 10.1 Å². The Labute approximate surface area is 212 Å². The molecule has 1 heterocycles. The lowest BCUT2D eigenvalue weighted by molar-refractivity contribution is -0.384. The van der Waals surface area contributed by atoms with E-state index in [1.165, 1.54) is 37.3 Å². The van der Waals surface area contributed by atoms with Crippen LogP contribution in [0.15, 0.2) is 72.3 Å². The normalized spacial score (nSPS) is 16.5. The molecule has 0 aliphatic carbocycles. The second-order valence-electron chi connectivity index (χ2n) is 8.02. The number of anilines is 1. The molecule has 10 nitrogen and oxygen atoms in total. The van der Waals surface area contributed by atoms with Crippen molar-refractivity contribution in [1.82, 2.24) is 0 Å². The summed E-state index contributed by atoms with van der Waals surface area (Å²) in [6.07, 6.45) is 0. The molecule has 1 N–H and O–H groups in total. The molecule has 10 heteroatoms. The number of amides is 1. The highest BCUT2D eigenvalue weighted by Crippen LogP contribution is 2.44. The van der Waals surface area contributed by atoms with E-state index in [-0.39, 0.29) is 16.8 Å². The van der Waals surface area contributed by atoms with E-state index in [9.17, 15) is 24.8 Å². The van der Waals surface area contributed by atoms with E-state index >= 15 is 0 Å². The molecule has 1 aliphatic rings. The fourth-order valence-corrected chi connectivity index (χ4v) is 4.25. The van der Waals surface area contributed by atoms with Gasteiger partial charge in [0.1, 0.15) is 11.5 Å². The zero-order valence-electron chi connectivity index (χ0n) is 20.3. The zero-order chi connectivity index (χ0) is 26.7. The van der Waals surface area contributed by atoms with E-state index in [1.54, 1.807) is 42.5 Å². The Kier molecular flexibility index (Phi) is 7.10. The van der Waals surface area contributed by atoms with Crippen molar-refractivity contribution in [2.24, 2.45) is 0 Å². The van der Waals surface area contributed by atoms with Crippen molar-refractivity contribution in [1.29, 1.82) is 0 Å². The molecule has 4 rings (SSSR count). The number of aliphatic hydroxyl groups is 1. The SMILES string of the molecule is CCOc1cccc(N2C(=O)C(=O)/C(=C(/O)c3cccc([N+](=O)[O-])c3)C2c2ccc(OC)c(OC)c2)c1. The molecule has 3 aromatic rings. The van der Waals surface area contributed by atoms with Crippen molar-refractivity contribution < 1.29 is 33.8 Å². The number of hydrogen-bond donors (Lipinski definition) is 1. The molecule has 37 heavy (non-hydrogen) atoms. The molecule has 0 saturated carbocycles. The number of carbonyl (C=O) groups is 2. The minimum Gasteiger partial charge on any atom is -0.507 e. The second-order valence-corrected chi connectivity index (χ2v) is 8.02. The minimum absolute atomic E-state index is 0.0285. The van der Waals surface area contributed by atoms with Crippen molar-refractivity contribution in [2.75, 3.05) is 25.7 Å². The Morgan fingerprint density at radius 2 is 1.73 bits per heavy atom. The van der Waals surface area contributed by atoms with E-state index in [0.29, 0.717) is 35.1 Å². The molecule has 1 unspecified atom stereocenters. The number of benzene rings is 3. The Morgan fingerprint density at radius 3 is 2.41 bits per heavy atom. The molecular weight excluding hydrogens is 480 g/mol. The number of Topliss-reactive ketones (excluding diaryl/α,β-unsaturated/α-hetero) is 1. The summed E-state index contributed by atoms with van der Waals surface area (Å²) < 4.78 is 16.3. The second kappa shape index (κ2) is 10.4. The van der Waals surface area contributed by atoms with Gasteiger partial charge in [-0.15, -0.1) is 0 Å². The number of nitro benzene ring substituents is 1. The molecule has 1 fully saturated rings. The summed E-state index contributed by atoms with van der Waals surface area (Å²) in [7, 11) is 2.93. The average Bonchev–Trinajstić information content (AvgIpc) is 3.18. The van der Waals surface area contributed by atoms with Crippen LogP contribution in [0.4, 0.5) is 11.4 Å². The summed E-state index contributed by atoms with van der Waals surface area (Å²) >= 11 is 0. The maximum atomic E-state index is 13.4. The number of nitro groups is 1. The van der Waals surface area contributed by atoms with Gasteiger partial charge in [0.15, 0.2) is 11.5 Å². The molecule has 3 aromatic carbocycles. The smallest absolute Gasteiger partial charge is 0.300 e. The van der Waals surface area contributed by atoms with Crippen molar-refractivity contribution in [3.63, 3.8) is 0 Å². The predicted molar refractivity (Wildman–Crippen MR) is 135 cm³/mol. The molecule has 1 amide bonds. The summed E-state index contributed by atoms with van der Waals surface area (Å²) in [5.41, 5.74) is 0.349. The Balaban J connectivity index is 1.97. The Morgan fingerprint density at radius 1 is 1.00 bits per heavy atom. The maximum absolute atomic E-state index is 13.4. The number of ether oxygens (including phenoxy) is 3. The van der Waals surface area contributed by atoms with Crippen molar-refractivity contribution in [3.05, 3.63) is 93.5 Å². The molecule has 1 atom stereocenters. The van der Waals surface area contributed by atoms with Crippen LogP contribution in [0.5, 0.6) is 17.2 Å². The van der Waals surface area contributed by atoms with Gasteiger partial charge in [0.05, 0.1) is 37.4 Å². The third-order valence-corrected chi connectivity index (χ3v) is 5.90. The van der Waals surface area contributed by atoms with Crippen LogP contribution >= 0.6 is 0 Å². The zero-order valence-corrected chi connectivity index (χ0v) is 20.3. The first-order chi connectivity index (χ1) is 17.8. The van der Waals surface area contributed by atoms with Gasteiger partial charge in [0, 0.05) is 29.4 Å². The van der Waals surface area contributed by atoms with Crippen molar-refractivity contribution >= 4 is 28.8 Å². The van der Waals surface area contributed by atoms with Gasteiger partial charge in [-0.2, -0.15) is 0 Å². The number of non-ortho nitro benzene ring substituents is 1. The number of rotatable bonds is 8. The Bertz CT molecular complexity index is 1420. The van der Waals surface area contributed by atoms with Gasteiger partial charge in [-0.25, -0.2) is 0 Å². The van der Waals surface area contributed by atoms with E-state index in [4.69, 9.17) is 14.2 Å². The highest BCUT2D eigenvalue weighted by Gasteiger charge is 2.47. The van der Waals surface area contributed by atoms with Gasteiger partial charge >= 0.3 is 0 Å². The van der Waals surface area contributed by atoms with Crippen LogP contribution in [-0.2, 0) is 9.59 Å². The third kappa shape index (κ3) is 4.68. The van der Waals surface area contributed by atoms with Gasteiger partial charge < -0.3 is 19.3 Å². The van der Waals surface area contributed by atoms with Gasteiger partial charge in [-0.05, 0) is 36.8 Å². The van der Waals surface area contributed by atoms with E-state index < -0.39 is 28.4 Å². The lowest BCUT2D eigenvalue weighted by Gasteiger charge is -2.26. The van der Waals surface area contributed by atoms with Crippen molar-refractivity contribution in [3.8, 4) is 17.2 Å². The van der Waals surface area contributed by atoms with Gasteiger partial charge in [-0.3, -0.25) is 24.6 Å². The fraction of sp³-hybridized carbons (Fsp3) is 0.185. The van der Waals surface area contributed by atoms with E-state index in [0.717, 1.165) is 6.07 Å². The monoisotopic (exact) mass is 504 g/mol. The molecule has 0 radical (unpaired) electrons. The first kappa shape index (κ1) is 25.2. The quantitative estimate of drug-likeness (QED) is 0.155. The van der Waals surface area contributed by atoms with Crippen LogP contribution in [0.2, 0.25) is 0 Å². The summed E-state index contributed by atoms with van der Waals surface area (Å²) in [6.45, 7) is 2.22. The predicted octanol–water partition coefficient (Wildman–Crippen LogP) is 4.64. The topological polar surface area (TPSA) is 128 Å². The highest BCUT2D eigenvalue weighted by atomic mass is 16.6. The number of carbonyl (C=O) groups excluding carboxylic acids is 2. The standard InChI is InChI=1S/C27H24N2O8/c1-4-37-20-10-6-8-18(15-20)28-24(16-11-12-21(35-2)22(14-16)36-3)23(26(31)27(28)32)25(30)17-7-5-9-19(13-17)29(33)34/h5-15,24,30H,4H2,1-3H3/b25-23+. The van der Waals surface area contributed by atoms with Crippen LogP contribution in [0.3, 0.4) is 0 Å².